The van der Waals surface area contributed by atoms with Crippen LogP contribution in [0.2, 0.25) is 0 Å². The predicted octanol–water partition coefficient (Wildman–Crippen LogP) is 4.72. The van der Waals surface area contributed by atoms with E-state index in [4.69, 9.17) is 12.2 Å². The molecule has 0 fully saturated rings. The number of rotatable bonds is 4. The molecule has 0 atom stereocenters. The van der Waals surface area contributed by atoms with E-state index in [1.165, 1.54) is 12.1 Å². The molecule has 114 valence electrons. The molecule has 0 aliphatic rings. The molecule has 0 saturated heterocycles. The molecule has 0 saturated carbocycles. The third-order valence-corrected chi connectivity index (χ3v) is 3.14. The fourth-order valence-corrected chi connectivity index (χ4v) is 2.10. The normalized spacial score (nSPS) is 11.0. The van der Waals surface area contributed by atoms with Gasteiger partial charge >= 0.3 is 6.18 Å². The summed E-state index contributed by atoms with van der Waals surface area (Å²) < 4.78 is 37.9. The van der Waals surface area contributed by atoms with Crippen LogP contribution >= 0.6 is 12.2 Å². The van der Waals surface area contributed by atoms with Crippen LogP contribution in [0, 0.1) is 0 Å². The van der Waals surface area contributed by atoms with Gasteiger partial charge in [0.2, 0.25) is 0 Å². The van der Waals surface area contributed by atoms with Crippen LogP contribution in [-0.2, 0) is 6.18 Å². The molecule has 0 bridgehead atoms. The summed E-state index contributed by atoms with van der Waals surface area (Å²) in [6, 6.07) is 13.3. The number of Topliss-reactive ketones (excluding diaryl/α,β-unsaturated/α-hetero) is 1. The van der Waals surface area contributed by atoms with Crippen molar-refractivity contribution in [2.45, 2.75) is 12.6 Å². The van der Waals surface area contributed by atoms with Gasteiger partial charge < -0.3 is 5.32 Å². The van der Waals surface area contributed by atoms with Gasteiger partial charge in [0.15, 0.2) is 5.78 Å². The highest BCUT2D eigenvalue weighted by molar-refractivity contribution is 7.80. The van der Waals surface area contributed by atoms with E-state index in [-0.39, 0.29) is 22.9 Å². The molecule has 2 nitrogen and oxygen atoms in total. The molecule has 1 N–H and O–H groups in total. The van der Waals surface area contributed by atoms with Crippen LogP contribution < -0.4 is 5.32 Å². The molecule has 22 heavy (non-hydrogen) atoms. The smallest absolute Gasteiger partial charge is 0.350 e. The summed E-state index contributed by atoms with van der Waals surface area (Å²) in [4.78, 5) is 12.1. The molecule has 0 radical (unpaired) electrons. The number of alkyl halides is 3. The topological polar surface area (TPSA) is 29.1 Å². The SMILES string of the molecule is O=C(CC(=S)Nc1cccc(C(F)(F)F)c1)c1ccccc1. The van der Waals surface area contributed by atoms with Gasteiger partial charge in [-0.25, -0.2) is 0 Å². The number of thiocarbonyl (C=S) groups is 1. The van der Waals surface area contributed by atoms with Gasteiger partial charge in [0.25, 0.3) is 0 Å². The molecule has 2 rings (SSSR count). The monoisotopic (exact) mass is 323 g/mol. The first kappa shape index (κ1) is 16.2. The summed E-state index contributed by atoms with van der Waals surface area (Å²) >= 11 is 5.04. The number of benzene rings is 2. The fourth-order valence-electron chi connectivity index (χ4n) is 1.85. The van der Waals surface area contributed by atoms with Gasteiger partial charge in [-0.3, -0.25) is 4.79 Å². The van der Waals surface area contributed by atoms with E-state index >= 15 is 0 Å². The summed E-state index contributed by atoms with van der Waals surface area (Å²) in [6.07, 6.45) is -4.48. The van der Waals surface area contributed by atoms with Crippen molar-refractivity contribution in [3.05, 3.63) is 65.7 Å². The van der Waals surface area contributed by atoms with Crippen molar-refractivity contribution < 1.29 is 18.0 Å². The molecular weight excluding hydrogens is 311 g/mol. The largest absolute Gasteiger partial charge is 0.416 e. The first-order chi connectivity index (χ1) is 10.4. The number of hydrogen-bond acceptors (Lipinski definition) is 2. The van der Waals surface area contributed by atoms with Crippen LogP contribution in [-0.4, -0.2) is 10.8 Å². The van der Waals surface area contributed by atoms with E-state index in [0.717, 1.165) is 12.1 Å². The van der Waals surface area contributed by atoms with Crippen LogP contribution in [0.25, 0.3) is 0 Å². The maximum absolute atomic E-state index is 12.6. The summed E-state index contributed by atoms with van der Waals surface area (Å²) in [6.45, 7) is 0. The van der Waals surface area contributed by atoms with Gasteiger partial charge in [-0.15, -0.1) is 0 Å². The van der Waals surface area contributed by atoms with Crippen molar-refractivity contribution >= 4 is 28.7 Å². The Hall–Kier alpha value is -2.21. The van der Waals surface area contributed by atoms with E-state index in [1.807, 2.05) is 0 Å². The highest BCUT2D eigenvalue weighted by Gasteiger charge is 2.30. The van der Waals surface area contributed by atoms with Crippen LogP contribution in [0.15, 0.2) is 54.6 Å². The maximum Gasteiger partial charge on any atom is 0.416 e. The number of anilines is 1. The highest BCUT2D eigenvalue weighted by Crippen LogP contribution is 2.30. The van der Waals surface area contributed by atoms with Gasteiger partial charge in [0.1, 0.15) is 0 Å². The summed E-state index contributed by atoms with van der Waals surface area (Å²) in [5.74, 6) is -0.190. The highest BCUT2D eigenvalue weighted by atomic mass is 32.1. The molecule has 0 aliphatic carbocycles. The van der Waals surface area contributed by atoms with E-state index in [9.17, 15) is 18.0 Å². The fraction of sp³-hybridized carbons (Fsp3) is 0.125. The van der Waals surface area contributed by atoms with Crippen LogP contribution in [0.3, 0.4) is 0 Å². The Kier molecular flexibility index (Phi) is 4.92. The third kappa shape index (κ3) is 4.39. The van der Waals surface area contributed by atoms with Gasteiger partial charge in [-0.05, 0) is 18.2 Å². The van der Waals surface area contributed by atoms with E-state index in [0.29, 0.717) is 5.56 Å². The number of ketones is 1. The van der Waals surface area contributed by atoms with Crippen LogP contribution in [0.4, 0.5) is 18.9 Å². The lowest BCUT2D eigenvalue weighted by Crippen LogP contribution is -2.15. The first-order valence-corrected chi connectivity index (χ1v) is 6.82. The Balaban J connectivity index is 2.02. The Morgan fingerprint density at radius 1 is 1.05 bits per heavy atom. The van der Waals surface area contributed by atoms with E-state index in [2.05, 4.69) is 5.32 Å². The lowest BCUT2D eigenvalue weighted by molar-refractivity contribution is -0.137. The van der Waals surface area contributed by atoms with Crippen molar-refractivity contribution in [3.63, 3.8) is 0 Å². The Morgan fingerprint density at radius 2 is 1.73 bits per heavy atom. The quantitative estimate of drug-likeness (QED) is 0.652. The lowest BCUT2D eigenvalue weighted by atomic mass is 10.1. The minimum absolute atomic E-state index is 0.0599. The van der Waals surface area contributed by atoms with E-state index in [1.54, 1.807) is 30.3 Å². The maximum atomic E-state index is 12.6. The van der Waals surface area contributed by atoms with Crippen LogP contribution in [0.5, 0.6) is 0 Å². The molecule has 0 amide bonds. The summed E-state index contributed by atoms with van der Waals surface area (Å²) in [7, 11) is 0. The van der Waals surface area contributed by atoms with E-state index < -0.39 is 11.7 Å². The molecule has 0 aromatic heterocycles. The molecule has 2 aromatic rings. The predicted molar refractivity (Wildman–Crippen MR) is 83.1 cm³/mol. The minimum Gasteiger partial charge on any atom is -0.350 e. The zero-order valence-electron chi connectivity index (χ0n) is 11.4. The van der Waals surface area contributed by atoms with Crippen LogP contribution in [0.1, 0.15) is 22.3 Å². The van der Waals surface area contributed by atoms with Gasteiger partial charge in [-0.1, -0.05) is 48.6 Å². The zero-order chi connectivity index (χ0) is 16.2. The van der Waals surface area contributed by atoms with Crippen molar-refractivity contribution in [2.75, 3.05) is 5.32 Å². The lowest BCUT2D eigenvalue weighted by Gasteiger charge is -2.11. The summed E-state index contributed by atoms with van der Waals surface area (Å²) in [5.41, 5.74) is -0.0499. The molecule has 0 spiro atoms. The Bertz CT molecular complexity index is 683. The van der Waals surface area contributed by atoms with Gasteiger partial charge in [0.05, 0.1) is 17.0 Å². The molecule has 0 heterocycles. The van der Waals surface area contributed by atoms with Crippen molar-refractivity contribution in [1.82, 2.24) is 0 Å². The van der Waals surface area contributed by atoms with Crippen molar-refractivity contribution in [2.24, 2.45) is 0 Å². The second kappa shape index (κ2) is 6.70. The van der Waals surface area contributed by atoms with Gasteiger partial charge in [0, 0.05) is 11.3 Å². The second-order valence-corrected chi connectivity index (χ2v) is 5.09. The molecule has 6 heteroatoms. The Morgan fingerprint density at radius 3 is 2.36 bits per heavy atom. The standard InChI is InChI=1S/C16H12F3NOS/c17-16(18,19)12-7-4-8-13(9-12)20-15(22)10-14(21)11-5-2-1-3-6-11/h1-9H,10H2,(H,20,22). The summed E-state index contributed by atoms with van der Waals surface area (Å²) in [5, 5.41) is 2.67. The number of halogens is 3. The molecule has 0 unspecified atom stereocenters. The average molecular weight is 323 g/mol. The molecular formula is C16H12F3NOS. The number of nitrogens with one attached hydrogen (secondary N) is 1. The number of hydrogen-bond donors (Lipinski definition) is 1. The van der Waals surface area contributed by atoms with Crippen molar-refractivity contribution in [1.29, 1.82) is 0 Å². The zero-order valence-corrected chi connectivity index (χ0v) is 12.2. The van der Waals surface area contributed by atoms with Crippen molar-refractivity contribution in [3.8, 4) is 0 Å². The minimum atomic E-state index is -4.42. The molecule has 0 aliphatic heterocycles. The molecule has 2 aromatic carbocycles. The Labute approximate surface area is 131 Å². The number of carbonyl (C=O) groups is 1. The second-order valence-electron chi connectivity index (χ2n) is 4.59. The first-order valence-electron chi connectivity index (χ1n) is 6.41. The third-order valence-electron chi connectivity index (χ3n) is 2.89. The number of carbonyl (C=O) groups excluding carboxylic acids is 1. The van der Waals surface area contributed by atoms with Gasteiger partial charge in [-0.2, -0.15) is 13.2 Å². The average Bonchev–Trinajstić information content (AvgIpc) is 2.47.